The molecule has 0 bridgehead atoms. The van der Waals surface area contributed by atoms with E-state index in [-0.39, 0.29) is 12.7 Å². The van der Waals surface area contributed by atoms with Gasteiger partial charge in [0, 0.05) is 63.6 Å². The number of nitrogens with zero attached hydrogens (tertiary/aromatic N) is 5. The fourth-order valence-electron chi connectivity index (χ4n) is 5.08. The third kappa shape index (κ3) is 6.80. The Labute approximate surface area is 243 Å². The molecule has 4 aromatic rings. The van der Waals surface area contributed by atoms with Gasteiger partial charge in [-0.2, -0.15) is 4.37 Å². The Morgan fingerprint density at radius 1 is 1.02 bits per heavy atom. The fourth-order valence-corrected chi connectivity index (χ4v) is 5.79. The van der Waals surface area contributed by atoms with E-state index < -0.39 is 0 Å². The number of hydrogen-bond acceptors (Lipinski definition) is 10. The molecule has 10 nitrogen and oxygen atoms in total. The quantitative estimate of drug-likeness (QED) is 0.261. The average molecular weight is 576 g/mol. The minimum Gasteiger partial charge on any atom is -0.497 e. The van der Waals surface area contributed by atoms with E-state index in [2.05, 4.69) is 20.2 Å². The SMILES string of the molecule is COc1cccc(Cc2nsc(N(CCC(=O)N3CCN(Cc4ccc5c(c4)OCO5)CC3)Cc3ccco3)n2)c1. The second-order valence-electron chi connectivity index (χ2n) is 10.1. The van der Waals surface area contributed by atoms with Crippen LogP contribution in [0.5, 0.6) is 17.2 Å². The van der Waals surface area contributed by atoms with E-state index >= 15 is 0 Å². The highest BCUT2D eigenvalue weighted by Crippen LogP contribution is 2.33. The van der Waals surface area contributed by atoms with Crippen molar-refractivity contribution in [1.82, 2.24) is 19.2 Å². The van der Waals surface area contributed by atoms with Crippen molar-refractivity contribution in [1.29, 1.82) is 0 Å². The van der Waals surface area contributed by atoms with Crippen molar-refractivity contribution in [3.63, 3.8) is 0 Å². The number of methoxy groups -OCH3 is 1. The highest BCUT2D eigenvalue weighted by molar-refractivity contribution is 7.09. The first kappa shape index (κ1) is 27.1. The van der Waals surface area contributed by atoms with Gasteiger partial charge < -0.3 is 28.4 Å². The number of anilines is 1. The molecule has 0 radical (unpaired) electrons. The number of piperazine rings is 1. The number of ether oxygens (including phenoxy) is 3. The van der Waals surface area contributed by atoms with Crippen LogP contribution in [0.4, 0.5) is 5.13 Å². The molecule has 11 heteroatoms. The average Bonchev–Trinajstić information content (AvgIpc) is 3.78. The molecule has 0 saturated carbocycles. The zero-order chi connectivity index (χ0) is 28.0. The lowest BCUT2D eigenvalue weighted by Gasteiger charge is -2.35. The van der Waals surface area contributed by atoms with Crippen LogP contribution < -0.4 is 19.1 Å². The summed E-state index contributed by atoms with van der Waals surface area (Å²) in [5.74, 6) is 4.12. The highest BCUT2D eigenvalue weighted by atomic mass is 32.1. The van der Waals surface area contributed by atoms with Crippen LogP contribution in [-0.2, 0) is 24.3 Å². The number of benzene rings is 2. The van der Waals surface area contributed by atoms with E-state index in [0.717, 1.165) is 59.2 Å². The molecule has 2 aliphatic rings. The van der Waals surface area contributed by atoms with E-state index in [1.165, 1.54) is 17.1 Å². The summed E-state index contributed by atoms with van der Waals surface area (Å²) < 4.78 is 26.5. The molecule has 2 aliphatic heterocycles. The van der Waals surface area contributed by atoms with Crippen LogP contribution >= 0.6 is 11.5 Å². The number of rotatable bonds is 11. The molecule has 214 valence electrons. The molecule has 1 fully saturated rings. The third-order valence-electron chi connectivity index (χ3n) is 7.31. The minimum absolute atomic E-state index is 0.151. The van der Waals surface area contributed by atoms with Crippen LogP contribution in [0.3, 0.4) is 0 Å². The lowest BCUT2D eigenvalue weighted by Crippen LogP contribution is -2.48. The smallest absolute Gasteiger partial charge is 0.231 e. The number of hydrogen-bond donors (Lipinski definition) is 0. The lowest BCUT2D eigenvalue weighted by molar-refractivity contribution is -0.132. The molecule has 2 aromatic heterocycles. The zero-order valence-electron chi connectivity index (χ0n) is 23.0. The molecular weight excluding hydrogens is 542 g/mol. The number of fused-ring (bicyclic) bond motifs is 1. The van der Waals surface area contributed by atoms with Crippen LogP contribution in [0, 0.1) is 0 Å². The topological polar surface area (TPSA) is 93.4 Å². The molecule has 2 aromatic carbocycles. The summed E-state index contributed by atoms with van der Waals surface area (Å²) in [7, 11) is 1.66. The standard InChI is InChI=1S/C30H33N5O5S/c1-37-24-5-2-4-22(16-24)18-28-31-30(41-32-28)35(20-25-6-3-15-38-25)10-9-29(36)34-13-11-33(12-14-34)19-23-7-8-26-27(17-23)40-21-39-26/h2-8,15-17H,9-14,18-21H2,1H3. The Morgan fingerprint density at radius 3 is 2.73 bits per heavy atom. The molecule has 41 heavy (non-hydrogen) atoms. The van der Waals surface area contributed by atoms with Crippen LogP contribution in [-0.4, -0.2) is 71.7 Å². The van der Waals surface area contributed by atoms with Gasteiger partial charge in [-0.15, -0.1) is 0 Å². The maximum atomic E-state index is 13.2. The summed E-state index contributed by atoms with van der Waals surface area (Å²) in [5, 5.41) is 0.778. The van der Waals surface area contributed by atoms with Gasteiger partial charge in [0.25, 0.3) is 0 Å². The van der Waals surface area contributed by atoms with Crippen LogP contribution in [0.2, 0.25) is 0 Å². The molecule has 0 spiro atoms. The van der Waals surface area contributed by atoms with Crippen molar-refractivity contribution in [3.8, 4) is 17.2 Å². The monoisotopic (exact) mass is 575 g/mol. The summed E-state index contributed by atoms with van der Waals surface area (Å²) in [6.45, 7) is 5.26. The van der Waals surface area contributed by atoms with Crippen molar-refractivity contribution >= 4 is 22.6 Å². The van der Waals surface area contributed by atoms with Crippen molar-refractivity contribution in [2.75, 3.05) is 51.5 Å². The third-order valence-corrected chi connectivity index (χ3v) is 8.13. The second-order valence-corrected chi connectivity index (χ2v) is 10.8. The van der Waals surface area contributed by atoms with Crippen molar-refractivity contribution in [3.05, 3.63) is 83.6 Å². The van der Waals surface area contributed by atoms with Crippen LogP contribution in [0.25, 0.3) is 0 Å². The van der Waals surface area contributed by atoms with E-state index in [9.17, 15) is 4.79 Å². The first-order valence-corrected chi connectivity index (χ1v) is 14.5. The summed E-state index contributed by atoms with van der Waals surface area (Å²) in [6.07, 6.45) is 2.67. The molecule has 0 aliphatic carbocycles. The zero-order valence-corrected chi connectivity index (χ0v) is 23.8. The first-order valence-electron chi connectivity index (χ1n) is 13.7. The van der Waals surface area contributed by atoms with Gasteiger partial charge in [0.2, 0.25) is 17.8 Å². The molecule has 1 amide bonds. The summed E-state index contributed by atoms with van der Waals surface area (Å²) in [5.41, 5.74) is 2.27. The maximum absolute atomic E-state index is 13.2. The predicted octanol–water partition coefficient (Wildman–Crippen LogP) is 4.20. The molecule has 0 N–H and O–H groups in total. The van der Waals surface area contributed by atoms with Gasteiger partial charge in [0.15, 0.2) is 11.5 Å². The van der Waals surface area contributed by atoms with Crippen molar-refractivity contribution in [2.45, 2.75) is 25.9 Å². The molecule has 4 heterocycles. The van der Waals surface area contributed by atoms with Crippen molar-refractivity contribution in [2.24, 2.45) is 0 Å². The Balaban J connectivity index is 1.03. The van der Waals surface area contributed by atoms with Gasteiger partial charge in [-0.25, -0.2) is 4.98 Å². The molecule has 6 rings (SSSR count). The Kier molecular flexibility index (Phi) is 8.33. The van der Waals surface area contributed by atoms with E-state index in [4.69, 9.17) is 23.6 Å². The number of carbonyl (C=O) groups is 1. The lowest BCUT2D eigenvalue weighted by atomic mass is 10.1. The van der Waals surface area contributed by atoms with Crippen LogP contribution in [0.15, 0.2) is 65.3 Å². The fraction of sp³-hybridized carbons (Fsp3) is 0.367. The van der Waals surface area contributed by atoms with Gasteiger partial charge in [0.1, 0.15) is 17.3 Å². The summed E-state index contributed by atoms with van der Waals surface area (Å²) in [4.78, 5) is 24.4. The normalized spacial score (nSPS) is 14.8. The van der Waals surface area contributed by atoms with Gasteiger partial charge in [-0.1, -0.05) is 18.2 Å². The number of amides is 1. The Hall–Kier alpha value is -4.09. The largest absolute Gasteiger partial charge is 0.497 e. The highest BCUT2D eigenvalue weighted by Gasteiger charge is 2.24. The number of furan rings is 1. The molecule has 0 atom stereocenters. The van der Waals surface area contributed by atoms with E-state index in [1.54, 1.807) is 13.4 Å². The minimum atomic E-state index is 0.151. The Bertz CT molecular complexity index is 1450. The molecule has 0 unspecified atom stereocenters. The Morgan fingerprint density at radius 2 is 1.90 bits per heavy atom. The van der Waals surface area contributed by atoms with E-state index in [1.807, 2.05) is 53.4 Å². The number of aromatic nitrogens is 2. The van der Waals surface area contributed by atoms with Gasteiger partial charge in [-0.05, 0) is 47.5 Å². The molecule has 1 saturated heterocycles. The van der Waals surface area contributed by atoms with Gasteiger partial charge in [-0.3, -0.25) is 9.69 Å². The van der Waals surface area contributed by atoms with Crippen molar-refractivity contribution < 1.29 is 23.4 Å². The number of carbonyl (C=O) groups excluding carboxylic acids is 1. The van der Waals surface area contributed by atoms with Gasteiger partial charge >= 0.3 is 0 Å². The summed E-state index contributed by atoms with van der Waals surface area (Å²) in [6, 6.07) is 17.8. The molecular formula is C30H33N5O5S. The first-order chi connectivity index (χ1) is 20.1. The van der Waals surface area contributed by atoms with Gasteiger partial charge in [0.05, 0.1) is 19.9 Å². The van der Waals surface area contributed by atoms with E-state index in [0.29, 0.717) is 39.0 Å². The second kappa shape index (κ2) is 12.6. The summed E-state index contributed by atoms with van der Waals surface area (Å²) >= 11 is 1.35. The van der Waals surface area contributed by atoms with Crippen LogP contribution in [0.1, 0.15) is 29.1 Å². The maximum Gasteiger partial charge on any atom is 0.231 e. The predicted molar refractivity (Wildman–Crippen MR) is 155 cm³/mol.